The van der Waals surface area contributed by atoms with Crippen LogP contribution < -0.4 is 0 Å². The second-order valence-electron chi connectivity index (χ2n) is 18.7. The maximum Gasteiger partial charge on any atom is 0.0548 e. The van der Waals surface area contributed by atoms with Crippen molar-refractivity contribution in [1.82, 2.24) is 9.13 Å². The highest BCUT2D eigenvalue weighted by molar-refractivity contribution is 6.29. The van der Waals surface area contributed by atoms with E-state index in [1.807, 2.05) is 0 Å². The number of para-hydroxylation sites is 3. The molecule has 2 heterocycles. The Labute approximate surface area is 405 Å². The van der Waals surface area contributed by atoms with Gasteiger partial charge in [-0.2, -0.15) is 0 Å². The van der Waals surface area contributed by atoms with E-state index in [0.29, 0.717) is 0 Å². The summed E-state index contributed by atoms with van der Waals surface area (Å²) in [6, 6.07) is 94.4. The molecule has 15 rings (SSSR count). The summed E-state index contributed by atoms with van der Waals surface area (Å²) >= 11 is 0. The van der Waals surface area contributed by atoms with Crippen molar-refractivity contribution in [2.45, 2.75) is 0 Å². The minimum absolute atomic E-state index is 1.13. The summed E-state index contributed by atoms with van der Waals surface area (Å²) in [6.07, 6.45) is 0. The average Bonchev–Trinajstić information content (AvgIpc) is 3.95. The molecule has 2 heteroatoms. The van der Waals surface area contributed by atoms with E-state index in [9.17, 15) is 0 Å². The van der Waals surface area contributed by atoms with E-state index >= 15 is 0 Å². The lowest BCUT2D eigenvalue weighted by molar-refractivity contribution is 1.17. The van der Waals surface area contributed by atoms with Gasteiger partial charge in [-0.05, 0) is 143 Å². The number of fused-ring (bicyclic) bond motifs is 17. The molecule has 14 aromatic rings. The maximum atomic E-state index is 2.48. The second-order valence-corrected chi connectivity index (χ2v) is 18.7. The molecule has 2 nitrogen and oxygen atoms in total. The summed E-state index contributed by atoms with van der Waals surface area (Å²) in [5.41, 5.74) is 22.0. The van der Waals surface area contributed by atoms with E-state index in [1.165, 1.54) is 132 Å². The van der Waals surface area contributed by atoms with E-state index < -0.39 is 0 Å². The molecule has 12 aromatic carbocycles. The van der Waals surface area contributed by atoms with Crippen LogP contribution in [0.1, 0.15) is 0 Å². The summed E-state index contributed by atoms with van der Waals surface area (Å²) in [7, 11) is 0. The molecule has 1 aliphatic rings. The van der Waals surface area contributed by atoms with Crippen LogP contribution >= 0.6 is 0 Å². The van der Waals surface area contributed by atoms with Gasteiger partial charge in [-0.15, -0.1) is 0 Å². The lowest BCUT2D eigenvalue weighted by Gasteiger charge is -2.24. The lowest BCUT2D eigenvalue weighted by Crippen LogP contribution is -1.98. The summed E-state index contributed by atoms with van der Waals surface area (Å²) in [6.45, 7) is 0. The molecule has 324 valence electrons. The molecule has 0 saturated heterocycles. The summed E-state index contributed by atoms with van der Waals surface area (Å²) in [5, 5.41) is 10.00. The second kappa shape index (κ2) is 15.1. The summed E-state index contributed by atoms with van der Waals surface area (Å²) < 4.78 is 4.90. The lowest BCUT2D eigenvalue weighted by atomic mass is 9.79. The number of benzene rings is 12. The third-order valence-corrected chi connectivity index (χ3v) is 15.1. The Kier molecular flexibility index (Phi) is 8.39. The SMILES string of the molecule is c1ccc(-n2c3ccccc3c3c4c5ccccc5n(-c5cccc(-c6c7ccccc7c(-c7ccc8c(c7)-c7ccccc7-c7ccccc7-c7ccccc7-8)c7ccccc67)c5)c4ccc32)cc1. The number of hydrogen-bond acceptors (Lipinski definition) is 0. The van der Waals surface area contributed by atoms with Crippen molar-refractivity contribution < 1.29 is 0 Å². The van der Waals surface area contributed by atoms with Gasteiger partial charge in [0, 0.05) is 32.9 Å². The first kappa shape index (κ1) is 38.8. The number of hydrogen-bond donors (Lipinski definition) is 0. The van der Waals surface area contributed by atoms with Crippen LogP contribution in [0.3, 0.4) is 0 Å². The van der Waals surface area contributed by atoms with Crippen LogP contribution in [0.5, 0.6) is 0 Å². The van der Waals surface area contributed by atoms with Crippen molar-refractivity contribution in [2.75, 3.05) is 0 Å². The van der Waals surface area contributed by atoms with Gasteiger partial charge < -0.3 is 9.13 Å². The zero-order valence-electron chi connectivity index (χ0n) is 38.1. The average molecular weight is 887 g/mol. The van der Waals surface area contributed by atoms with Gasteiger partial charge >= 0.3 is 0 Å². The van der Waals surface area contributed by atoms with Gasteiger partial charge in [-0.25, -0.2) is 0 Å². The highest BCUT2D eigenvalue weighted by Crippen LogP contribution is 2.51. The van der Waals surface area contributed by atoms with Crippen molar-refractivity contribution in [3.63, 3.8) is 0 Å². The van der Waals surface area contributed by atoms with Crippen LogP contribution in [0.15, 0.2) is 255 Å². The Morgan fingerprint density at radius 1 is 0.200 bits per heavy atom. The van der Waals surface area contributed by atoms with Crippen LogP contribution in [-0.4, -0.2) is 9.13 Å². The van der Waals surface area contributed by atoms with Crippen molar-refractivity contribution in [1.29, 1.82) is 0 Å². The molecule has 0 fully saturated rings. The first-order valence-corrected chi connectivity index (χ1v) is 24.3. The molecule has 0 bridgehead atoms. The summed E-state index contributed by atoms with van der Waals surface area (Å²) in [4.78, 5) is 0. The third kappa shape index (κ3) is 5.56. The predicted octanol–water partition coefficient (Wildman–Crippen LogP) is 18.5. The van der Waals surface area contributed by atoms with Crippen LogP contribution in [-0.2, 0) is 0 Å². The van der Waals surface area contributed by atoms with Gasteiger partial charge in [0.25, 0.3) is 0 Å². The number of aromatic nitrogens is 2. The van der Waals surface area contributed by atoms with E-state index in [4.69, 9.17) is 0 Å². The highest BCUT2D eigenvalue weighted by atomic mass is 15.0. The topological polar surface area (TPSA) is 9.86 Å². The smallest absolute Gasteiger partial charge is 0.0548 e. The minimum atomic E-state index is 1.13. The van der Waals surface area contributed by atoms with Gasteiger partial charge in [0.15, 0.2) is 0 Å². The van der Waals surface area contributed by atoms with Gasteiger partial charge in [-0.1, -0.05) is 200 Å². The largest absolute Gasteiger partial charge is 0.309 e. The predicted molar refractivity (Wildman–Crippen MR) is 296 cm³/mol. The minimum Gasteiger partial charge on any atom is -0.309 e. The maximum absolute atomic E-state index is 2.48. The van der Waals surface area contributed by atoms with Crippen molar-refractivity contribution >= 4 is 65.2 Å². The van der Waals surface area contributed by atoms with Gasteiger partial charge in [0.05, 0.1) is 22.1 Å². The molecule has 2 aromatic heterocycles. The van der Waals surface area contributed by atoms with Crippen LogP contribution in [0.2, 0.25) is 0 Å². The molecule has 0 N–H and O–H groups in total. The van der Waals surface area contributed by atoms with Gasteiger partial charge in [-0.3, -0.25) is 0 Å². The zero-order chi connectivity index (χ0) is 45.9. The van der Waals surface area contributed by atoms with Crippen molar-refractivity contribution in [3.8, 4) is 78.1 Å². The number of rotatable bonds is 4. The molecule has 0 spiro atoms. The Hall–Kier alpha value is -9.24. The number of nitrogens with zero attached hydrogens (tertiary/aromatic N) is 2. The van der Waals surface area contributed by atoms with Crippen LogP contribution in [0, 0.1) is 0 Å². The fourth-order valence-corrected chi connectivity index (χ4v) is 12.2. The Morgan fingerprint density at radius 3 is 1.04 bits per heavy atom. The third-order valence-electron chi connectivity index (χ3n) is 15.1. The molecular formula is C68H42N2. The van der Waals surface area contributed by atoms with Crippen LogP contribution in [0.4, 0.5) is 0 Å². The monoisotopic (exact) mass is 886 g/mol. The summed E-state index contributed by atoms with van der Waals surface area (Å²) in [5.74, 6) is 0. The molecule has 0 atom stereocenters. The van der Waals surface area contributed by atoms with Crippen molar-refractivity contribution in [3.05, 3.63) is 255 Å². The first-order chi connectivity index (χ1) is 34.8. The van der Waals surface area contributed by atoms with Gasteiger partial charge in [0.1, 0.15) is 0 Å². The fraction of sp³-hybridized carbons (Fsp3) is 0. The Balaban J connectivity index is 0.952. The molecule has 1 aliphatic carbocycles. The first-order valence-electron chi connectivity index (χ1n) is 24.3. The fourth-order valence-electron chi connectivity index (χ4n) is 12.2. The van der Waals surface area contributed by atoms with Crippen molar-refractivity contribution in [2.24, 2.45) is 0 Å². The zero-order valence-corrected chi connectivity index (χ0v) is 38.1. The highest BCUT2D eigenvalue weighted by Gasteiger charge is 2.25. The molecule has 70 heavy (non-hydrogen) atoms. The van der Waals surface area contributed by atoms with Crippen LogP contribution in [0.25, 0.3) is 143 Å². The van der Waals surface area contributed by atoms with Gasteiger partial charge in [0.2, 0.25) is 0 Å². The van der Waals surface area contributed by atoms with E-state index in [1.54, 1.807) is 0 Å². The normalized spacial score (nSPS) is 12.0. The quantitative estimate of drug-likeness (QED) is 0.156. The van der Waals surface area contributed by atoms with E-state index in [-0.39, 0.29) is 0 Å². The Morgan fingerprint density at radius 2 is 0.557 bits per heavy atom. The molecular weight excluding hydrogens is 845 g/mol. The molecule has 0 unspecified atom stereocenters. The van der Waals surface area contributed by atoms with E-state index in [2.05, 4.69) is 264 Å². The molecule has 0 saturated carbocycles. The molecule has 0 aliphatic heterocycles. The Bertz CT molecular complexity index is 4410. The molecule has 0 amide bonds. The molecule has 0 radical (unpaired) electrons. The van der Waals surface area contributed by atoms with E-state index in [0.717, 1.165) is 11.4 Å². The standard InChI is InChI=1S/C68H42N2/c1-2-20-45(21-3-1)69-61-35-16-14-33-58(61)67-63(69)39-40-64-68(67)59-34-15-17-36-62(59)70(64)46-22-18-19-43(41-46)65-54-29-10-12-31-56(54)66(57-32-13-11-30-55(57)65)44-37-38-53-51-27-7-6-25-49(51)47-23-4-5-24-48(47)50-26-8-9-28-52(50)60(53)42-44/h1-42H.